The summed E-state index contributed by atoms with van der Waals surface area (Å²) in [7, 11) is 1.20. The predicted molar refractivity (Wildman–Crippen MR) is 62.5 cm³/mol. The highest BCUT2D eigenvalue weighted by atomic mass is 19.4. The van der Waals surface area contributed by atoms with Gasteiger partial charge in [-0.3, -0.25) is 0 Å². The summed E-state index contributed by atoms with van der Waals surface area (Å²) in [5, 5.41) is 0. The quantitative estimate of drug-likeness (QED) is 0.510. The Morgan fingerprint density at radius 1 is 1.37 bits per heavy atom. The molecule has 0 bridgehead atoms. The van der Waals surface area contributed by atoms with E-state index in [2.05, 4.69) is 4.74 Å². The van der Waals surface area contributed by atoms with Crippen molar-refractivity contribution in [1.82, 2.24) is 0 Å². The molecule has 0 aliphatic rings. The van der Waals surface area contributed by atoms with E-state index in [1.165, 1.54) is 13.2 Å². The first kappa shape index (κ1) is 15.3. The number of methoxy groups -OCH3 is 1. The van der Waals surface area contributed by atoms with E-state index in [9.17, 15) is 18.0 Å². The Hall–Kier alpha value is -1.76. The molecule has 0 fully saturated rings. The van der Waals surface area contributed by atoms with Crippen molar-refractivity contribution in [2.24, 2.45) is 0 Å². The Balaban J connectivity index is 2.68. The van der Waals surface area contributed by atoms with Crippen LogP contribution in [0.25, 0.3) is 0 Å². The summed E-state index contributed by atoms with van der Waals surface area (Å²) in [6, 6.07) is 4.64. The number of carbonyl (C=O) groups excluding carboxylic acids is 1. The van der Waals surface area contributed by atoms with Crippen LogP contribution in [0.2, 0.25) is 0 Å². The van der Waals surface area contributed by atoms with Crippen molar-refractivity contribution in [3.8, 4) is 0 Å². The average Bonchev–Trinajstić information content (AvgIpc) is 2.33. The summed E-state index contributed by atoms with van der Waals surface area (Å²) >= 11 is 0. The molecule has 0 aliphatic carbocycles. The van der Waals surface area contributed by atoms with Gasteiger partial charge in [0.2, 0.25) is 0 Å². The van der Waals surface area contributed by atoms with Crippen LogP contribution in [0.15, 0.2) is 18.2 Å². The van der Waals surface area contributed by atoms with E-state index in [0.717, 1.165) is 0 Å². The fourth-order valence-corrected chi connectivity index (χ4v) is 1.46. The molecule has 19 heavy (non-hydrogen) atoms. The molecule has 7 heteroatoms. The van der Waals surface area contributed by atoms with Gasteiger partial charge in [-0.15, -0.1) is 0 Å². The number of carbonyl (C=O) groups is 1. The maximum absolute atomic E-state index is 11.9. The van der Waals surface area contributed by atoms with E-state index < -0.39 is 25.2 Å². The van der Waals surface area contributed by atoms with Crippen molar-refractivity contribution in [3.63, 3.8) is 0 Å². The highest BCUT2D eigenvalue weighted by Gasteiger charge is 2.26. The number of hydrogen-bond donors (Lipinski definition) is 1. The van der Waals surface area contributed by atoms with Crippen LogP contribution in [-0.4, -0.2) is 25.9 Å². The molecule has 0 atom stereocenters. The van der Waals surface area contributed by atoms with Gasteiger partial charge < -0.3 is 15.2 Å². The number of esters is 1. The second-order valence-electron chi connectivity index (χ2n) is 3.79. The predicted octanol–water partition coefficient (Wildman–Crippen LogP) is 2.52. The molecule has 0 aromatic heterocycles. The van der Waals surface area contributed by atoms with Gasteiger partial charge in [-0.05, 0) is 11.6 Å². The summed E-state index contributed by atoms with van der Waals surface area (Å²) < 4.78 is 45.3. The van der Waals surface area contributed by atoms with Crippen LogP contribution < -0.4 is 5.73 Å². The first-order chi connectivity index (χ1) is 8.85. The number of alkyl halides is 3. The van der Waals surface area contributed by atoms with Crippen LogP contribution in [0.4, 0.5) is 18.9 Å². The van der Waals surface area contributed by atoms with Gasteiger partial charge >= 0.3 is 12.1 Å². The largest absolute Gasteiger partial charge is 0.465 e. The monoisotopic (exact) mass is 277 g/mol. The van der Waals surface area contributed by atoms with Gasteiger partial charge in [0.1, 0.15) is 0 Å². The summed E-state index contributed by atoms with van der Waals surface area (Å²) in [5.74, 6) is -0.646. The van der Waals surface area contributed by atoms with Crippen molar-refractivity contribution >= 4 is 11.7 Å². The number of ether oxygens (including phenoxy) is 2. The molecule has 0 radical (unpaired) electrons. The lowest BCUT2D eigenvalue weighted by molar-refractivity contribution is -0.146. The van der Waals surface area contributed by atoms with Crippen LogP contribution in [0.1, 0.15) is 22.3 Å². The first-order valence-corrected chi connectivity index (χ1v) is 5.45. The summed E-state index contributed by atoms with van der Waals surface area (Å²) in [4.78, 5) is 11.5. The molecule has 0 spiro atoms. The molecule has 0 amide bonds. The summed E-state index contributed by atoms with van der Waals surface area (Å²) in [5.41, 5.74) is 6.35. The lowest BCUT2D eigenvalue weighted by Crippen LogP contribution is -2.13. The molecule has 1 aromatic rings. The number of anilines is 1. The minimum Gasteiger partial charge on any atom is -0.465 e. The molecule has 0 aliphatic heterocycles. The number of nitrogens with two attached hydrogens (primary N) is 1. The SMILES string of the molecule is COC(=O)c1c(N)cccc1COCCC(F)(F)F. The smallest absolute Gasteiger partial charge is 0.391 e. The van der Waals surface area contributed by atoms with Crippen LogP contribution in [0, 0.1) is 0 Å². The lowest BCUT2D eigenvalue weighted by Gasteiger charge is -2.11. The fraction of sp³-hybridized carbons (Fsp3) is 0.417. The second-order valence-corrected chi connectivity index (χ2v) is 3.79. The normalized spacial score (nSPS) is 11.4. The number of hydrogen-bond acceptors (Lipinski definition) is 4. The van der Waals surface area contributed by atoms with E-state index in [1.54, 1.807) is 12.1 Å². The van der Waals surface area contributed by atoms with E-state index in [-0.39, 0.29) is 17.9 Å². The fourth-order valence-electron chi connectivity index (χ4n) is 1.46. The Bertz CT molecular complexity index is 446. The number of nitrogen functional groups attached to an aromatic ring is 1. The highest BCUT2D eigenvalue weighted by molar-refractivity contribution is 5.96. The number of halogens is 3. The molecule has 0 heterocycles. The van der Waals surface area contributed by atoms with Gasteiger partial charge in [0.25, 0.3) is 0 Å². The Labute approximate surface area is 108 Å². The topological polar surface area (TPSA) is 61.5 Å². The Kier molecular flexibility index (Phi) is 5.17. The molecule has 4 nitrogen and oxygen atoms in total. The average molecular weight is 277 g/mol. The highest BCUT2D eigenvalue weighted by Crippen LogP contribution is 2.21. The third-order valence-electron chi connectivity index (χ3n) is 2.36. The maximum atomic E-state index is 11.9. The molecular weight excluding hydrogens is 263 g/mol. The molecule has 0 saturated heterocycles. The van der Waals surface area contributed by atoms with Crippen LogP contribution in [0.3, 0.4) is 0 Å². The van der Waals surface area contributed by atoms with E-state index in [4.69, 9.17) is 10.5 Å². The molecule has 0 saturated carbocycles. The van der Waals surface area contributed by atoms with E-state index >= 15 is 0 Å². The summed E-state index contributed by atoms with van der Waals surface area (Å²) in [6.45, 7) is -0.607. The zero-order valence-electron chi connectivity index (χ0n) is 10.3. The molecule has 1 rings (SSSR count). The number of benzene rings is 1. The van der Waals surface area contributed by atoms with Crippen molar-refractivity contribution in [1.29, 1.82) is 0 Å². The molecule has 0 unspecified atom stereocenters. The number of rotatable bonds is 5. The van der Waals surface area contributed by atoms with E-state index in [1.807, 2.05) is 0 Å². The third kappa shape index (κ3) is 4.78. The van der Waals surface area contributed by atoms with Crippen molar-refractivity contribution in [2.75, 3.05) is 19.5 Å². The van der Waals surface area contributed by atoms with Crippen LogP contribution >= 0.6 is 0 Å². The van der Waals surface area contributed by atoms with Gasteiger partial charge in [0.15, 0.2) is 0 Å². The van der Waals surface area contributed by atoms with E-state index in [0.29, 0.717) is 5.56 Å². The third-order valence-corrected chi connectivity index (χ3v) is 2.36. The van der Waals surface area contributed by atoms with Crippen LogP contribution in [-0.2, 0) is 16.1 Å². The van der Waals surface area contributed by atoms with Crippen molar-refractivity contribution in [2.45, 2.75) is 19.2 Å². The van der Waals surface area contributed by atoms with Gasteiger partial charge in [-0.25, -0.2) is 4.79 Å². The molecular formula is C12H14F3NO3. The Morgan fingerprint density at radius 2 is 2.05 bits per heavy atom. The lowest BCUT2D eigenvalue weighted by atomic mass is 10.1. The van der Waals surface area contributed by atoms with Gasteiger partial charge in [-0.2, -0.15) is 13.2 Å². The molecule has 1 aromatic carbocycles. The summed E-state index contributed by atoms with van der Waals surface area (Å²) in [6.07, 6.45) is -5.30. The molecule has 2 N–H and O–H groups in total. The van der Waals surface area contributed by atoms with Gasteiger partial charge in [0.05, 0.1) is 32.3 Å². The second kappa shape index (κ2) is 6.42. The Morgan fingerprint density at radius 3 is 2.63 bits per heavy atom. The standard InChI is InChI=1S/C12H14F3NO3/c1-18-11(17)10-8(3-2-4-9(10)16)7-19-6-5-12(13,14)15/h2-4H,5-7,16H2,1H3. The molecule has 106 valence electrons. The first-order valence-electron chi connectivity index (χ1n) is 5.45. The maximum Gasteiger partial charge on any atom is 0.391 e. The van der Waals surface area contributed by atoms with Crippen LogP contribution in [0.5, 0.6) is 0 Å². The minimum absolute atomic E-state index is 0.122. The zero-order chi connectivity index (χ0) is 14.5. The van der Waals surface area contributed by atoms with Gasteiger partial charge in [0, 0.05) is 5.69 Å². The zero-order valence-corrected chi connectivity index (χ0v) is 10.3. The minimum atomic E-state index is -4.26. The van der Waals surface area contributed by atoms with Crippen molar-refractivity contribution in [3.05, 3.63) is 29.3 Å². The van der Waals surface area contributed by atoms with Crippen molar-refractivity contribution < 1.29 is 27.4 Å². The van der Waals surface area contributed by atoms with Gasteiger partial charge in [-0.1, -0.05) is 12.1 Å².